The van der Waals surface area contributed by atoms with E-state index in [0.29, 0.717) is 19.4 Å². The number of hydrogen-bond donors (Lipinski definition) is 1. The third kappa shape index (κ3) is 4.84. The van der Waals surface area contributed by atoms with Crippen molar-refractivity contribution >= 4 is 43.0 Å². The summed E-state index contributed by atoms with van der Waals surface area (Å²) in [6.45, 7) is 2.27. The van der Waals surface area contributed by atoms with Crippen molar-refractivity contribution in [1.82, 2.24) is 9.62 Å². The molecule has 1 aliphatic rings. The minimum atomic E-state index is -3.30. The molecule has 154 valence electrons. The number of hydrogen-bond acceptors (Lipinski definition) is 4. The SMILES string of the molecule is CN1CCc2c(Cl)ccc3sc(CCNS(=O)(=O)CCc4ccccc4)c(c23)C1. The maximum atomic E-state index is 12.4. The first kappa shape index (κ1) is 20.8. The lowest BCUT2D eigenvalue weighted by Gasteiger charge is -2.14. The number of nitrogens with one attached hydrogen (secondary N) is 1. The van der Waals surface area contributed by atoms with E-state index in [1.165, 1.54) is 26.1 Å². The zero-order valence-corrected chi connectivity index (χ0v) is 18.8. The molecule has 3 aromatic rings. The maximum absolute atomic E-state index is 12.4. The van der Waals surface area contributed by atoms with E-state index >= 15 is 0 Å². The Morgan fingerprint density at radius 3 is 2.69 bits per heavy atom. The Kier molecular flexibility index (Phi) is 6.27. The number of halogens is 1. The Hall–Kier alpha value is -1.44. The van der Waals surface area contributed by atoms with Crippen LogP contribution in [0, 0.1) is 0 Å². The third-order valence-electron chi connectivity index (χ3n) is 5.44. The van der Waals surface area contributed by atoms with Gasteiger partial charge >= 0.3 is 0 Å². The molecule has 0 saturated heterocycles. The second-order valence-electron chi connectivity index (χ2n) is 7.59. The minimum absolute atomic E-state index is 0.110. The van der Waals surface area contributed by atoms with Crippen molar-refractivity contribution in [3.05, 3.63) is 69.1 Å². The second kappa shape index (κ2) is 8.74. The molecular weight excluding hydrogens is 424 g/mol. The van der Waals surface area contributed by atoms with Gasteiger partial charge in [0.1, 0.15) is 0 Å². The van der Waals surface area contributed by atoms with Gasteiger partial charge in [0.05, 0.1) is 5.75 Å². The molecule has 7 heteroatoms. The van der Waals surface area contributed by atoms with Crippen LogP contribution >= 0.6 is 22.9 Å². The first-order valence-corrected chi connectivity index (χ1v) is 12.7. The van der Waals surface area contributed by atoms with Gasteiger partial charge in [-0.3, -0.25) is 0 Å². The van der Waals surface area contributed by atoms with Crippen molar-refractivity contribution < 1.29 is 8.42 Å². The molecule has 29 heavy (non-hydrogen) atoms. The molecule has 0 spiro atoms. The van der Waals surface area contributed by atoms with Crippen molar-refractivity contribution in [2.45, 2.75) is 25.8 Å². The van der Waals surface area contributed by atoms with E-state index in [2.05, 4.69) is 22.7 Å². The monoisotopic (exact) mass is 448 g/mol. The molecule has 4 nitrogen and oxygen atoms in total. The van der Waals surface area contributed by atoms with Crippen molar-refractivity contribution in [3.63, 3.8) is 0 Å². The molecule has 0 saturated carbocycles. The molecular formula is C22H25ClN2O2S2. The molecule has 1 aromatic heterocycles. The summed E-state index contributed by atoms with van der Waals surface area (Å²) in [7, 11) is -1.17. The number of likely N-dealkylation sites (N-methyl/N-ethyl adjacent to an activating group) is 1. The lowest BCUT2D eigenvalue weighted by Crippen LogP contribution is -2.29. The summed E-state index contributed by atoms with van der Waals surface area (Å²) >= 11 is 8.25. The number of aryl methyl sites for hydroxylation is 1. The van der Waals surface area contributed by atoms with Crippen molar-refractivity contribution in [2.75, 3.05) is 25.9 Å². The molecule has 2 aromatic carbocycles. The van der Waals surface area contributed by atoms with Gasteiger partial charge in [-0.05, 0) is 55.1 Å². The van der Waals surface area contributed by atoms with E-state index in [0.717, 1.165) is 30.1 Å². The second-order valence-corrected chi connectivity index (χ2v) is 11.1. The lowest BCUT2D eigenvalue weighted by atomic mass is 10.0. The van der Waals surface area contributed by atoms with Crippen molar-refractivity contribution in [3.8, 4) is 0 Å². The molecule has 0 amide bonds. The van der Waals surface area contributed by atoms with Gasteiger partial charge in [-0.2, -0.15) is 0 Å². The van der Waals surface area contributed by atoms with Crippen molar-refractivity contribution in [2.24, 2.45) is 0 Å². The number of benzene rings is 2. The van der Waals surface area contributed by atoms with Crippen LogP contribution < -0.4 is 4.72 Å². The summed E-state index contributed by atoms with van der Waals surface area (Å²) in [4.78, 5) is 3.56. The van der Waals surface area contributed by atoms with E-state index in [-0.39, 0.29) is 5.75 Å². The topological polar surface area (TPSA) is 49.4 Å². The predicted octanol–water partition coefficient (Wildman–Crippen LogP) is 4.25. The highest BCUT2D eigenvalue weighted by Crippen LogP contribution is 2.39. The molecule has 0 radical (unpaired) electrons. The fourth-order valence-electron chi connectivity index (χ4n) is 3.90. The lowest BCUT2D eigenvalue weighted by molar-refractivity contribution is 0.336. The predicted molar refractivity (Wildman–Crippen MR) is 123 cm³/mol. The normalized spacial score (nSPS) is 15.0. The minimum Gasteiger partial charge on any atom is -0.302 e. The zero-order valence-electron chi connectivity index (χ0n) is 16.4. The zero-order chi connectivity index (χ0) is 20.4. The maximum Gasteiger partial charge on any atom is 0.211 e. The van der Waals surface area contributed by atoms with Gasteiger partial charge in [0.2, 0.25) is 10.0 Å². The van der Waals surface area contributed by atoms with Crippen LogP contribution in [0.1, 0.15) is 21.6 Å². The smallest absolute Gasteiger partial charge is 0.211 e. The molecule has 1 N–H and O–H groups in total. The summed E-state index contributed by atoms with van der Waals surface area (Å²) in [6.07, 6.45) is 2.17. The van der Waals surface area contributed by atoms with E-state index in [4.69, 9.17) is 11.6 Å². The molecule has 0 fully saturated rings. The highest BCUT2D eigenvalue weighted by molar-refractivity contribution is 7.89. The summed E-state index contributed by atoms with van der Waals surface area (Å²) in [5, 5.41) is 2.12. The average molecular weight is 449 g/mol. The fourth-order valence-corrected chi connectivity index (χ4v) is 6.46. The van der Waals surface area contributed by atoms with E-state index < -0.39 is 10.0 Å². The molecule has 1 aliphatic heterocycles. The summed E-state index contributed by atoms with van der Waals surface area (Å²) in [5.74, 6) is 0.110. The van der Waals surface area contributed by atoms with E-state index in [1.807, 2.05) is 36.4 Å². The van der Waals surface area contributed by atoms with Gasteiger partial charge in [0.15, 0.2) is 0 Å². The molecule has 0 unspecified atom stereocenters. The first-order valence-electron chi connectivity index (χ1n) is 9.84. The van der Waals surface area contributed by atoms with Crippen LogP contribution in [0.25, 0.3) is 10.1 Å². The number of rotatable bonds is 7. The number of nitrogens with zero attached hydrogens (tertiary/aromatic N) is 1. The van der Waals surface area contributed by atoms with Gasteiger partial charge in [0.25, 0.3) is 0 Å². The first-order chi connectivity index (χ1) is 13.9. The van der Waals surface area contributed by atoms with Crippen LogP contribution in [0.3, 0.4) is 0 Å². The Morgan fingerprint density at radius 1 is 1.10 bits per heavy atom. The Morgan fingerprint density at radius 2 is 1.90 bits per heavy atom. The Balaban J connectivity index is 1.46. The van der Waals surface area contributed by atoms with E-state index in [9.17, 15) is 8.42 Å². The highest BCUT2D eigenvalue weighted by Gasteiger charge is 2.22. The average Bonchev–Trinajstić information content (AvgIpc) is 2.92. The fraction of sp³-hybridized carbons (Fsp3) is 0.364. The van der Waals surface area contributed by atoms with Crippen LogP contribution in [0.4, 0.5) is 0 Å². The van der Waals surface area contributed by atoms with Crippen molar-refractivity contribution in [1.29, 1.82) is 0 Å². The van der Waals surface area contributed by atoms with Crippen LogP contribution in [0.15, 0.2) is 42.5 Å². The summed E-state index contributed by atoms with van der Waals surface area (Å²) in [6, 6.07) is 13.8. The standard InChI is InChI=1S/C22H25ClN2O2S2/c1-25-13-10-17-19(23)7-8-21-22(17)18(15-25)20(28-21)9-12-24-29(26,27)14-11-16-5-3-2-4-6-16/h2-8,24H,9-15H2,1H3. The van der Waals surface area contributed by atoms with Gasteiger partial charge < -0.3 is 4.90 Å². The summed E-state index contributed by atoms with van der Waals surface area (Å²) < 4.78 is 28.8. The van der Waals surface area contributed by atoms with E-state index in [1.54, 1.807) is 11.3 Å². The molecule has 4 rings (SSSR count). The third-order valence-corrected chi connectivity index (χ3v) is 8.43. The number of thiophene rings is 1. The van der Waals surface area contributed by atoms with Crippen LogP contribution in [-0.4, -0.2) is 39.2 Å². The van der Waals surface area contributed by atoms with Gasteiger partial charge in [-0.25, -0.2) is 13.1 Å². The Labute approximate surface area is 181 Å². The van der Waals surface area contributed by atoms with Gasteiger partial charge in [0, 0.05) is 39.6 Å². The molecule has 0 bridgehead atoms. The largest absolute Gasteiger partial charge is 0.302 e. The summed E-state index contributed by atoms with van der Waals surface area (Å²) in [5.41, 5.74) is 3.58. The van der Waals surface area contributed by atoms with Crippen LogP contribution in [0.2, 0.25) is 5.02 Å². The quantitative estimate of drug-likeness (QED) is 0.587. The van der Waals surface area contributed by atoms with Gasteiger partial charge in [-0.1, -0.05) is 41.9 Å². The molecule has 2 heterocycles. The number of sulfonamides is 1. The molecule has 0 atom stereocenters. The van der Waals surface area contributed by atoms with Crippen LogP contribution in [-0.2, 0) is 35.8 Å². The Bertz CT molecular complexity index is 1110. The van der Waals surface area contributed by atoms with Crippen LogP contribution in [0.5, 0.6) is 0 Å². The van der Waals surface area contributed by atoms with Gasteiger partial charge in [-0.15, -0.1) is 11.3 Å². The molecule has 0 aliphatic carbocycles. The highest BCUT2D eigenvalue weighted by atomic mass is 35.5.